The van der Waals surface area contributed by atoms with E-state index < -0.39 is 0 Å². The molecule has 4 heterocycles. The standard InChI is InChI=1S/C42H24N4O2/c1-2-11-25(12-3-1)40-44-41(46-42(45-40)33-23-43-24-37-39(33)31-16-7-9-19-35(31)48-37)27-21-26-13-4-5-14-28(26)32(22-27)29-17-10-20-36-38(29)30-15-6-8-18-34(30)47-36/h1-24H. The zero-order valence-corrected chi connectivity index (χ0v) is 25.5. The van der Waals surface area contributed by atoms with Crippen LogP contribution in [0.4, 0.5) is 0 Å². The summed E-state index contributed by atoms with van der Waals surface area (Å²) in [5.41, 5.74) is 7.93. The molecule has 0 fully saturated rings. The van der Waals surface area contributed by atoms with Gasteiger partial charge in [-0.2, -0.15) is 0 Å². The van der Waals surface area contributed by atoms with Gasteiger partial charge in [0, 0.05) is 44.4 Å². The molecule has 0 spiro atoms. The van der Waals surface area contributed by atoms with Crippen LogP contribution in [-0.2, 0) is 0 Å². The van der Waals surface area contributed by atoms with E-state index in [1.807, 2.05) is 72.9 Å². The number of aromatic nitrogens is 4. The highest BCUT2D eigenvalue weighted by Gasteiger charge is 2.20. The minimum Gasteiger partial charge on any atom is -0.456 e. The van der Waals surface area contributed by atoms with E-state index in [-0.39, 0.29) is 0 Å². The molecule has 6 heteroatoms. The van der Waals surface area contributed by atoms with Crippen molar-refractivity contribution in [3.63, 3.8) is 0 Å². The number of fused-ring (bicyclic) bond motifs is 7. The highest BCUT2D eigenvalue weighted by atomic mass is 16.3. The SMILES string of the molecule is c1ccc(-c2nc(-c3cc(-c4cccc5oc6ccccc6c45)c4ccccc4c3)nc(-c3cncc4oc5ccccc5c34)n2)cc1. The second kappa shape index (κ2) is 10.4. The first-order valence-electron chi connectivity index (χ1n) is 15.8. The third-order valence-electron chi connectivity index (χ3n) is 9.01. The predicted octanol–water partition coefficient (Wildman–Crippen LogP) is 10.9. The Morgan fingerprint density at radius 1 is 0.375 bits per heavy atom. The Morgan fingerprint density at radius 3 is 1.77 bits per heavy atom. The van der Waals surface area contributed by atoms with E-state index in [2.05, 4.69) is 71.7 Å². The molecule has 4 aromatic heterocycles. The zero-order valence-electron chi connectivity index (χ0n) is 25.5. The Hall–Kier alpha value is -6.66. The molecule has 0 aliphatic heterocycles. The quantitative estimate of drug-likeness (QED) is 0.196. The van der Waals surface area contributed by atoms with Gasteiger partial charge >= 0.3 is 0 Å². The Balaban J connectivity index is 1.26. The first kappa shape index (κ1) is 26.5. The highest BCUT2D eigenvalue weighted by molar-refractivity contribution is 6.16. The van der Waals surface area contributed by atoms with E-state index in [0.29, 0.717) is 23.1 Å². The fourth-order valence-corrected chi connectivity index (χ4v) is 6.85. The summed E-state index contributed by atoms with van der Waals surface area (Å²) >= 11 is 0. The van der Waals surface area contributed by atoms with Gasteiger partial charge < -0.3 is 8.83 Å². The molecule has 10 aromatic rings. The molecule has 6 nitrogen and oxygen atoms in total. The summed E-state index contributed by atoms with van der Waals surface area (Å²) in [4.78, 5) is 19.8. The molecule has 224 valence electrons. The van der Waals surface area contributed by atoms with Crippen molar-refractivity contribution in [1.29, 1.82) is 0 Å². The number of hydrogen-bond acceptors (Lipinski definition) is 6. The fraction of sp³-hybridized carbons (Fsp3) is 0. The van der Waals surface area contributed by atoms with Gasteiger partial charge in [-0.1, -0.05) is 103 Å². The zero-order chi connectivity index (χ0) is 31.6. The summed E-state index contributed by atoms with van der Waals surface area (Å²) in [6.45, 7) is 0. The van der Waals surface area contributed by atoms with Crippen LogP contribution in [0.25, 0.3) is 99.9 Å². The highest BCUT2D eigenvalue weighted by Crippen LogP contribution is 2.41. The normalized spacial score (nSPS) is 11.8. The number of pyridine rings is 1. The Bertz CT molecular complexity index is 2850. The molecule has 0 aliphatic carbocycles. The maximum absolute atomic E-state index is 6.28. The maximum atomic E-state index is 6.28. The van der Waals surface area contributed by atoms with Crippen LogP contribution in [0.5, 0.6) is 0 Å². The van der Waals surface area contributed by atoms with Crippen molar-refractivity contribution in [1.82, 2.24) is 19.9 Å². The van der Waals surface area contributed by atoms with Gasteiger partial charge in [0.1, 0.15) is 16.7 Å². The molecule has 6 aromatic carbocycles. The molecule has 0 atom stereocenters. The molecular formula is C42H24N4O2. The largest absolute Gasteiger partial charge is 0.456 e. The molecule has 0 unspecified atom stereocenters. The average molecular weight is 617 g/mol. The number of para-hydroxylation sites is 2. The maximum Gasteiger partial charge on any atom is 0.166 e. The van der Waals surface area contributed by atoms with Gasteiger partial charge in [0.15, 0.2) is 23.1 Å². The van der Waals surface area contributed by atoms with Crippen molar-refractivity contribution < 1.29 is 8.83 Å². The van der Waals surface area contributed by atoms with Crippen LogP contribution in [0.2, 0.25) is 0 Å². The molecule has 0 N–H and O–H groups in total. The summed E-state index contributed by atoms with van der Waals surface area (Å²) in [6, 6.07) is 45.3. The number of rotatable bonds is 4. The molecule has 0 saturated carbocycles. The monoisotopic (exact) mass is 616 g/mol. The van der Waals surface area contributed by atoms with Crippen molar-refractivity contribution in [2.24, 2.45) is 0 Å². The topological polar surface area (TPSA) is 77.8 Å². The second-order valence-electron chi connectivity index (χ2n) is 11.9. The third-order valence-corrected chi connectivity index (χ3v) is 9.01. The Kier molecular flexibility index (Phi) is 5.77. The van der Waals surface area contributed by atoms with Gasteiger partial charge in [0.25, 0.3) is 0 Å². The van der Waals surface area contributed by atoms with E-state index in [1.54, 1.807) is 6.20 Å². The molecule has 0 amide bonds. The van der Waals surface area contributed by atoms with Gasteiger partial charge in [-0.3, -0.25) is 4.98 Å². The molecule has 0 saturated heterocycles. The van der Waals surface area contributed by atoms with Crippen LogP contribution in [0.15, 0.2) is 155 Å². The molecule has 10 rings (SSSR count). The summed E-state index contributed by atoms with van der Waals surface area (Å²) in [5.74, 6) is 1.68. The van der Waals surface area contributed by atoms with E-state index in [4.69, 9.17) is 23.8 Å². The van der Waals surface area contributed by atoms with Crippen LogP contribution in [0, 0.1) is 0 Å². The molecule has 0 radical (unpaired) electrons. The molecular weight excluding hydrogens is 592 g/mol. The van der Waals surface area contributed by atoms with Crippen LogP contribution < -0.4 is 0 Å². The predicted molar refractivity (Wildman–Crippen MR) is 191 cm³/mol. The summed E-state index contributed by atoms with van der Waals surface area (Å²) in [7, 11) is 0. The first-order valence-corrected chi connectivity index (χ1v) is 15.8. The minimum absolute atomic E-state index is 0.529. The Morgan fingerprint density at radius 2 is 0.979 bits per heavy atom. The third kappa shape index (κ3) is 4.13. The van der Waals surface area contributed by atoms with Crippen molar-refractivity contribution in [2.75, 3.05) is 0 Å². The molecule has 0 aliphatic rings. The van der Waals surface area contributed by atoms with Crippen molar-refractivity contribution in [3.05, 3.63) is 146 Å². The summed E-state index contributed by atoms with van der Waals surface area (Å²) < 4.78 is 12.5. The molecule has 48 heavy (non-hydrogen) atoms. The van der Waals surface area contributed by atoms with Crippen LogP contribution in [0.3, 0.4) is 0 Å². The number of furan rings is 2. The summed E-state index contributed by atoms with van der Waals surface area (Å²) in [5, 5.41) is 6.30. The minimum atomic E-state index is 0.529. The van der Waals surface area contributed by atoms with E-state index in [1.165, 1.54) is 0 Å². The lowest BCUT2D eigenvalue weighted by molar-refractivity contribution is 0.667. The number of hydrogen-bond donors (Lipinski definition) is 0. The van der Waals surface area contributed by atoms with Crippen molar-refractivity contribution in [2.45, 2.75) is 0 Å². The fourth-order valence-electron chi connectivity index (χ4n) is 6.85. The lowest BCUT2D eigenvalue weighted by atomic mass is 9.92. The summed E-state index contributed by atoms with van der Waals surface area (Å²) in [6.07, 6.45) is 3.56. The van der Waals surface area contributed by atoms with Gasteiger partial charge in [0.05, 0.1) is 6.20 Å². The van der Waals surface area contributed by atoms with Crippen molar-refractivity contribution in [3.8, 4) is 45.3 Å². The van der Waals surface area contributed by atoms with Crippen LogP contribution in [-0.4, -0.2) is 19.9 Å². The van der Waals surface area contributed by atoms with E-state index >= 15 is 0 Å². The molecule has 0 bridgehead atoms. The van der Waals surface area contributed by atoms with Crippen LogP contribution >= 0.6 is 0 Å². The van der Waals surface area contributed by atoms with E-state index in [9.17, 15) is 0 Å². The first-order chi connectivity index (χ1) is 23.8. The average Bonchev–Trinajstić information content (AvgIpc) is 3.73. The van der Waals surface area contributed by atoms with Gasteiger partial charge in [-0.15, -0.1) is 0 Å². The van der Waals surface area contributed by atoms with Gasteiger partial charge in [-0.05, 0) is 52.2 Å². The Labute approximate surface area is 274 Å². The van der Waals surface area contributed by atoms with Crippen LogP contribution in [0.1, 0.15) is 0 Å². The smallest absolute Gasteiger partial charge is 0.166 e. The van der Waals surface area contributed by atoms with Crippen molar-refractivity contribution >= 4 is 54.6 Å². The van der Waals surface area contributed by atoms with Gasteiger partial charge in [0.2, 0.25) is 0 Å². The number of nitrogens with zero attached hydrogens (tertiary/aromatic N) is 4. The lowest BCUT2D eigenvalue weighted by Crippen LogP contribution is -2.01. The lowest BCUT2D eigenvalue weighted by Gasteiger charge is -2.13. The van der Waals surface area contributed by atoms with E-state index in [0.717, 1.165) is 76.9 Å². The second-order valence-corrected chi connectivity index (χ2v) is 11.9. The number of benzene rings is 6. The van der Waals surface area contributed by atoms with Gasteiger partial charge in [-0.25, -0.2) is 15.0 Å².